The quantitative estimate of drug-likeness (QED) is 0.577. The molecule has 1 aliphatic carbocycles. The predicted octanol–water partition coefficient (Wildman–Crippen LogP) is 0.343. The van der Waals surface area contributed by atoms with E-state index in [0.717, 1.165) is 0 Å². The molecule has 1 rings (SSSR count). The molecular formula is C7H6O3S. The summed E-state index contributed by atoms with van der Waals surface area (Å²) in [5, 5.41) is 8.56. The van der Waals surface area contributed by atoms with E-state index >= 15 is 0 Å². The first-order valence-corrected chi connectivity index (χ1v) is 3.76. The van der Waals surface area contributed by atoms with E-state index in [1.165, 1.54) is 6.08 Å². The van der Waals surface area contributed by atoms with E-state index in [2.05, 4.69) is 0 Å². The van der Waals surface area contributed by atoms with Crippen LogP contribution in [0.3, 0.4) is 0 Å². The van der Waals surface area contributed by atoms with Gasteiger partial charge in [0.25, 0.3) is 0 Å². The maximum absolute atomic E-state index is 10.4. The molecule has 0 spiro atoms. The summed E-state index contributed by atoms with van der Waals surface area (Å²) in [5.74, 6) is -1.03. The lowest BCUT2D eigenvalue weighted by Gasteiger charge is -2.03. The van der Waals surface area contributed by atoms with E-state index in [0.29, 0.717) is 11.3 Å². The molecule has 3 nitrogen and oxygen atoms in total. The highest BCUT2D eigenvalue weighted by Gasteiger charge is 2.14. The number of hydrogen-bond donors (Lipinski definition) is 1. The summed E-state index contributed by atoms with van der Waals surface area (Å²) >= 11 is 0.248. The highest BCUT2D eigenvalue weighted by molar-refractivity contribution is 7.67. The molecule has 58 valence electrons. The van der Waals surface area contributed by atoms with E-state index in [-0.39, 0.29) is 16.8 Å². The van der Waals surface area contributed by atoms with Crippen molar-refractivity contribution in [1.29, 1.82) is 0 Å². The molecular weight excluding hydrogens is 164 g/mol. The van der Waals surface area contributed by atoms with Crippen molar-refractivity contribution in [1.82, 2.24) is 0 Å². The van der Waals surface area contributed by atoms with Crippen molar-refractivity contribution in [2.24, 2.45) is 0 Å². The average Bonchev–Trinajstić information content (AvgIpc) is 2.04. The molecule has 0 aliphatic heterocycles. The molecule has 0 unspecified atom stereocenters. The summed E-state index contributed by atoms with van der Waals surface area (Å²) in [4.78, 5) is 10.8. The minimum absolute atomic E-state index is 0.118. The van der Waals surface area contributed by atoms with Crippen LogP contribution < -0.4 is 0 Å². The maximum Gasteiger partial charge on any atom is 0.336 e. The van der Waals surface area contributed by atoms with Crippen LogP contribution in [0.2, 0.25) is 0 Å². The van der Waals surface area contributed by atoms with Crippen LogP contribution in [0.5, 0.6) is 0 Å². The summed E-state index contributed by atoms with van der Waals surface area (Å²) in [6.07, 6.45) is 5.27. The van der Waals surface area contributed by atoms with Crippen molar-refractivity contribution in [2.75, 3.05) is 0 Å². The Morgan fingerprint density at radius 1 is 1.64 bits per heavy atom. The van der Waals surface area contributed by atoms with Crippen LogP contribution in [-0.4, -0.2) is 20.1 Å². The highest BCUT2D eigenvalue weighted by Crippen LogP contribution is 2.07. The van der Waals surface area contributed by atoms with Crippen molar-refractivity contribution in [2.45, 2.75) is 6.42 Å². The Bertz CT molecular complexity index is 295. The van der Waals surface area contributed by atoms with Gasteiger partial charge < -0.3 is 5.11 Å². The first-order valence-electron chi connectivity index (χ1n) is 3.02. The second kappa shape index (κ2) is 3.30. The van der Waals surface area contributed by atoms with Gasteiger partial charge in [0.1, 0.15) is 0 Å². The third-order valence-corrected chi connectivity index (χ3v) is 1.92. The van der Waals surface area contributed by atoms with E-state index in [4.69, 9.17) is 5.11 Å². The largest absolute Gasteiger partial charge is 0.478 e. The van der Waals surface area contributed by atoms with Crippen LogP contribution in [0.4, 0.5) is 0 Å². The fourth-order valence-corrected chi connectivity index (χ4v) is 1.22. The summed E-state index contributed by atoms with van der Waals surface area (Å²) < 4.78 is 10.3. The first-order chi connectivity index (χ1) is 5.25. The zero-order valence-electron chi connectivity index (χ0n) is 5.61. The predicted molar refractivity (Wildman–Crippen MR) is 42.6 cm³/mol. The summed E-state index contributed by atoms with van der Waals surface area (Å²) in [6, 6.07) is 0. The van der Waals surface area contributed by atoms with Gasteiger partial charge in [-0.15, -0.1) is 0 Å². The summed E-state index contributed by atoms with van der Waals surface area (Å²) in [7, 11) is 0. The van der Waals surface area contributed by atoms with Crippen molar-refractivity contribution in [3.8, 4) is 0 Å². The molecule has 0 heterocycles. The lowest BCUT2D eigenvalue weighted by molar-refractivity contribution is -0.132. The van der Waals surface area contributed by atoms with Crippen LogP contribution in [0, 0.1) is 0 Å². The third kappa shape index (κ3) is 1.65. The normalized spacial score (nSPS) is 16.0. The first kappa shape index (κ1) is 7.94. The van der Waals surface area contributed by atoms with Gasteiger partial charge in [-0.25, -0.2) is 9.00 Å². The van der Waals surface area contributed by atoms with Gasteiger partial charge in [0, 0.05) is 6.42 Å². The van der Waals surface area contributed by atoms with E-state index in [1.54, 1.807) is 12.2 Å². The second-order valence-corrected chi connectivity index (χ2v) is 2.68. The zero-order valence-corrected chi connectivity index (χ0v) is 6.43. The van der Waals surface area contributed by atoms with Crippen molar-refractivity contribution >= 4 is 22.1 Å². The fraction of sp³-hybridized carbons (Fsp3) is 0.143. The van der Waals surface area contributed by atoms with Gasteiger partial charge in [-0.3, -0.25) is 0 Å². The standard InChI is InChI=1S/C7H6O3S/c8-7(9)5-3-1-2-4-6(5)11-10/h1-3H,4H2,(H,8,9). The van der Waals surface area contributed by atoms with Gasteiger partial charge in [-0.2, -0.15) is 0 Å². The Hall–Kier alpha value is -1.16. The number of carboxylic acids is 1. The molecule has 0 fully saturated rings. The molecule has 0 aromatic heterocycles. The number of rotatable bonds is 1. The molecule has 0 aromatic carbocycles. The Morgan fingerprint density at radius 2 is 2.36 bits per heavy atom. The molecule has 0 atom stereocenters. The third-order valence-electron chi connectivity index (χ3n) is 1.33. The number of aliphatic carboxylic acids is 1. The second-order valence-electron chi connectivity index (χ2n) is 2.02. The molecule has 0 amide bonds. The Labute approximate surface area is 67.1 Å². The molecule has 0 saturated carbocycles. The number of allylic oxidation sites excluding steroid dienone is 3. The van der Waals surface area contributed by atoms with Crippen molar-refractivity contribution < 1.29 is 14.1 Å². The summed E-state index contributed by atoms with van der Waals surface area (Å²) in [5.41, 5.74) is 0.118. The van der Waals surface area contributed by atoms with Crippen LogP contribution in [0.15, 0.2) is 23.8 Å². The van der Waals surface area contributed by atoms with Crippen LogP contribution in [0.1, 0.15) is 6.42 Å². The highest BCUT2D eigenvalue weighted by atomic mass is 32.1. The van der Waals surface area contributed by atoms with E-state index in [1.807, 2.05) is 0 Å². The molecule has 1 N–H and O–H groups in total. The van der Waals surface area contributed by atoms with Crippen LogP contribution in [0.25, 0.3) is 0 Å². The molecule has 0 radical (unpaired) electrons. The molecule has 11 heavy (non-hydrogen) atoms. The Kier molecular flexibility index (Phi) is 2.38. The lowest BCUT2D eigenvalue weighted by Crippen LogP contribution is -2.13. The van der Waals surface area contributed by atoms with E-state index < -0.39 is 5.97 Å². The summed E-state index contributed by atoms with van der Waals surface area (Å²) in [6.45, 7) is 0. The minimum Gasteiger partial charge on any atom is -0.478 e. The van der Waals surface area contributed by atoms with Gasteiger partial charge >= 0.3 is 5.97 Å². The Balaban J connectivity index is 3.06. The number of carbonyl (C=O) groups is 1. The lowest BCUT2D eigenvalue weighted by atomic mass is 10.1. The SMILES string of the molecule is O=S=C1CC=CC=C1C(=O)O. The van der Waals surface area contributed by atoms with Crippen LogP contribution in [-0.2, 0) is 16.1 Å². The molecule has 0 aromatic rings. The molecule has 0 bridgehead atoms. The van der Waals surface area contributed by atoms with Gasteiger partial charge in [0.2, 0.25) is 0 Å². The zero-order chi connectivity index (χ0) is 8.27. The van der Waals surface area contributed by atoms with Gasteiger partial charge in [0.05, 0.1) is 21.7 Å². The van der Waals surface area contributed by atoms with E-state index in [9.17, 15) is 9.00 Å². The molecule has 1 aliphatic rings. The van der Waals surface area contributed by atoms with Crippen LogP contribution >= 0.6 is 0 Å². The van der Waals surface area contributed by atoms with Crippen molar-refractivity contribution in [3.63, 3.8) is 0 Å². The van der Waals surface area contributed by atoms with Gasteiger partial charge in [-0.1, -0.05) is 12.2 Å². The molecule has 0 saturated heterocycles. The van der Waals surface area contributed by atoms with Gasteiger partial charge in [0.15, 0.2) is 0 Å². The average molecular weight is 170 g/mol. The smallest absolute Gasteiger partial charge is 0.336 e. The van der Waals surface area contributed by atoms with Crippen molar-refractivity contribution in [3.05, 3.63) is 23.8 Å². The minimum atomic E-state index is -1.03. The number of hydrogen-bond acceptors (Lipinski definition) is 2. The Morgan fingerprint density at radius 3 is 2.82 bits per heavy atom. The monoisotopic (exact) mass is 170 g/mol. The maximum atomic E-state index is 10.4. The number of carboxylic acid groups (broad SMARTS) is 1. The van der Waals surface area contributed by atoms with Gasteiger partial charge in [-0.05, 0) is 6.08 Å². The fourth-order valence-electron chi connectivity index (χ4n) is 0.812. The molecule has 4 heteroatoms. The topological polar surface area (TPSA) is 54.4 Å².